The number of anilines is 1. The topological polar surface area (TPSA) is 61.5 Å². The molecule has 0 aliphatic carbocycles. The summed E-state index contributed by atoms with van der Waals surface area (Å²) in [5, 5.41) is 0. The van der Waals surface area contributed by atoms with Crippen LogP contribution in [-0.2, 0) is 20.3 Å². The molecule has 0 bridgehead atoms. The second-order valence-corrected chi connectivity index (χ2v) is 5.09. The molecule has 0 heterocycles. The molecule has 1 unspecified atom stereocenters. The summed E-state index contributed by atoms with van der Waals surface area (Å²) >= 11 is 0. The molecule has 0 aliphatic heterocycles. The first-order valence-electron chi connectivity index (χ1n) is 5.55. The van der Waals surface area contributed by atoms with Gasteiger partial charge in [0.15, 0.2) is 0 Å². The Balaban J connectivity index is 2.24. The van der Waals surface area contributed by atoms with Gasteiger partial charge in [-0.1, -0.05) is 12.1 Å². The molecular weight excluding hydrogens is 238 g/mol. The van der Waals surface area contributed by atoms with E-state index in [0.29, 0.717) is 36.2 Å². The minimum atomic E-state index is -1.04. The van der Waals surface area contributed by atoms with Gasteiger partial charge >= 0.3 is 0 Å². The summed E-state index contributed by atoms with van der Waals surface area (Å²) in [6.07, 6.45) is 0.755. The molecule has 17 heavy (non-hydrogen) atoms. The fourth-order valence-corrected chi connectivity index (χ4v) is 2.50. The molecule has 0 saturated heterocycles. The number of nitrogens with two attached hydrogens (primary N) is 1. The maximum atomic E-state index is 11.9. The lowest BCUT2D eigenvalue weighted by atomic mass is 10.3. The molecule has 0 radical (unpaired) electrons. The molecule has 1 aromatic carbocycles. The molecule has 0 aliphatic rings. The Hall–Kier alpha value is -0.910. The van der Waals surface area contributed by atoms with Crippen LogP contribution in [0.2, 0.25) is 0 Å². The van der Waals surface area contributed by atoms with Gasteiger partial charge in [0.05, 0.1) is 28.9 Å². The Labute approximate surface area is 105 Å². The summed E-state index contributed by atoms with van der Waals surface area (Å²) in [6, 6.07) is 7.25. The Bertz CT molecular complexity index is 357. The van der Waals surface area contributed by atoms with Gasteiger partial charge in [-0.05, 0) is 18.6 Å². The molecule has 0 aromatic heterocycles. The van der Waals surface area contributed by atoms with Gasteiger partial charge in [0.1, 0.15) is 0 Å². The number of benzene rings is 1. The molecule has 0 spiro atoms. The van der Waals surface area contributed by atoms with Gasteiger partial charge < -0.3 is 15.2 Å². The zero-order valence-corrected chi connectivity index (χ0v) is 10.9. The molecule has 5 heteroatoms. The van der Waals surface area contributed by atoms with Crippen LogP contribution in [0.5, 0.6) is 0 Å². The first-order chi connectivity index (χ1) is 8.25. The average Bonchev–Trinajstić information content (AvgIpc) is 2.34. The minimum Gasteiger partial charge on any atom is -0.398 e. The van der Waals surface area contributed by atoms with E-state index in [1.165, 1.54) is 0 Å². The molecule has 96 valence electrons. The molecule has 0 fully saturated rings. The van der Waals surface area contributed by atoms with Crippen LogP contribution in [0.15, 0.2) is 29.2 Å². The van der Waals surface area contributed by atoms with Crippen LogP contribution in [0.25, 0.3) is 0 Å². The number of hydrogen-bond donors (Lipinski definition) is 1. The van der Waals surface area contributed by atoms with Gasteiger partial charge in [-0.3, -0.25) is 4.21 Å². The summed E-state index contributed by atoms with van der Waals surface area (Å²) in [7, 11) is 0.597. The lowest BCUT2D eigenvalue weighted by Crippen LogP contribution is -2.07. The predicted octanol–water partition coefficient (Wildman–Crippen LogP) is 1.43. The normalized spacial score (nSPS) is 12.5. The number of ether oxygens (including phenoxy) is 2. The Morgan fingerprint density at radius 3 is 2.71 bits per heavy atom. The molecule has 1 atom stereocenters. The van der Waals surface area contributed by atoms with Crippen LogP contribution in [-0.4, -0.2) is 36.9 Å². The molecule has 0 saturated carbocycles. The molecule has 2 N–H and O–H groups in total. The van der Waals surface area contributed by atoms with Crippen molar-refractivity contribution in [2.75, 3.05) is 38.4 Å². The third kappa shape index (κ3) is 5.30. The molecule has 0 amide bonds. The van der Waals surface area contributed by atoms with Crippen LogP contribution in [0.1, 0.15) is 6.42 Å². The van der Waals surface area contributed by atoms with Crippen molar-refractivity contribution in [1.29, 1.82) is 0 Å². The minimum absolute atomic E-state index is 0.571. The highest BCUT2D eigenvalue weighted by Gasteiger charge is 2.06. The summed E-state index contributed by atoms with van der Waals surface area (Å²) < 4.78 is 22.1. The first kappa shape index (κ1) is 14.2. The monoisotopic (exact) mass is 257 g/mol. The zero-order chi connectivity index (χ0) is 12.5. The maximum absolute atomic E-state index is 11.9. The SMILES string of the molecule is COCCOCCCS(=O)c1ccccc1N. The molecule has 1 rings (SSSR count). The lowest BCUT2D eigenvalue weighted by Gasteiger charge is -2.06. The summed E-state index contributed by atoms with van der Waals surface area (Å²) in [4.78, 5) is 0.712. The quantitative estimate of drug-likeness (QED) is 0.565. The number of methoxy groups -OCH3 is 1. The zero-order valence-electron chi connectivity index (χ0n) is 10.1. The van der Waals surface area contributed by atoms with Crippen molar-refractivity contribution in [1.82, 2.24) is 0 Å². The number of rotatable bonds is 8. The van der Waals surface area contributed by atoms with Crippen molar-refractivity contribution in [3.05, 3.63) is 24.3 Å². The number of hydrogen-bond acceptors (Lipinski definition) is 4. The summed E-state index contributed by atoms with van der Waals surface area (Å²) in [5.74, 6) is 0.571. The van der Waals surface area contributed by atoms with Crippen molar-refractivity contribution < 1.29 is 13.7 Å². The highest BCUT2D eigenvalue weighted by molar-refractivity contribution is 7.85. The molecule has 1 aromatic rings. The van der Waals surface area contributed by atoms with E-state index < -0.39 is 10.8 Å². The average molecular weight is 257 g/mol. The third-order valence-electron chi connectivity index (χ3n) is 2.21. The highest BCUT2D eigenvalue weighted by atomic mass is 32.2. The Morgan fingerprint density at radius 2 is 2.00 bits per heavy atom. The summed E-state index contributed by atoms with van der Waals surface area (Å²) in [5.41, 5.74) is 6.34. The van der Waals surface area contributed by atoms with Gasteiger partial charge in [0.25, 0.3) is 0 Å². The number of nitrogen functional groups attached to an aromatic ring is 1. The van der Waals surface area contributed by atoms with Crippen molar-refractivity contribution in [3.8, 4) is 0 Å². The predicted molar refractivity (Wildman–Crippen MR) is 69.4 cm³/mol. The van der Waals surface area contributed by atoms with Crippen molar-refractivity contribution in [2.45, 2.75) is 11.3 Å². The third-order valence-corrected chi connectivity index (χ3v) is 3.74. The summed E-state index contributed by atoms with van der Waals surface area (Å²) in [6.45, 7) is 1.77. The van der Waals surface area contributed by atoms with Gasteiger partial charge in [-0.25, -0.2) is 0 Å². The van der Waals surface area contributed by atoms with Gasteiger partial charge in [0, 0.05) is 25.2 Å². The second kappa shape index (κ2) is 8.22. The standard InChI is InChI=1S/C12H19NO3S/c1-15-8-9-16-7-4-10-17(14)12-6-3-2-5-11(12)13/h2-3,5-6H,4,7-10,13H2,1H3. The highest BCUT2D eigenvalue weighted by Crippen LogP contribution is 2.15. The fraction of sp³-hybridized carbons (Fsp3) is 0.500. The van der Waals surface area contributed by atoms with E-state index >= 15 is 0 Å². The van der Waals surface area contributed by atoms with Crippen molar-refractivity contribution in [3.63, 3.8) is 0 Å². The van der Waals surface area contributed by atoms with E-state index in [4.69, 9.17) is 15.2 Å². The smallest absolute Gasteiger partial charge is 0.0700 e. The van der Waals surface area contributed by atoms with Crippen LogP contribution in [0.3, 0.4) is 0 Å². The Morgan fingerprint density at radius 1 is 1.24 bits per heavy atom. The van der Waals surface area contributed by atoms with E-state index in [9.17, 15) is 4.21 Å². The van der Waals surface area contributed by atoms with Gasteiger partial charge in [0.2, 0.25) is 0 Å². The largest absolute Gasteiger partial charge is 0.398 e. The lowest BCUT2D eigenvalue weighted by molar-refractivity contribution is 0.0713. The molecular formula is C12H19NO3S. The second-order valence-electron chi connectivity index (χ2n) is 3.55. The van der Waals surface area contributed by atoms with E-state index in [-0.39, 0.29) is 0 Å². The van der Waals surface area contributed by atoms with Crippen LogP contribution >= 0.6 is 0 Å². The number of para-hydroxylation sites is 1. The Kier molecular flexibility index (Phi) is 6.84. The van der Waals surface area contributed by atoms with E-state index in [1.807, 2.05) is 12.1 Å². The van der Waals surface area contributed by atoms with Crippen LogP contribution in [0, 0.1) is 0 Å². The maximum Gasteiger partial charge on any atom is 0.0700 e. The van der Waals surface area contributed by atoms with Crippen molar-refractivity contribution >= 4 is 16.5 Å². The van der Waals surface area contributed by atoms with Crippen LogP contribution < -0.4 is 5.73 Å². The first-order valence-corrected chi connectivity index (χ1v) is 6.87. The van der Waals surface area contributed by atoms with Gasteiger partial charge in [-0.2, -0.15) is 0 Å². The fourth-order valence-electron chi connectivity index (χ4n) is 1.33. The van der Waals surface area contributed by atoms with Crippen LogP contribution in [0.4, 0.5) is 5.69 Å². The van der Waals surface area contributed by atoms with Gasteiger partial charge in [-0.15, -0.1) is 0 Å². The molecule has 4 nitrogen and oxygen atoms in total. The van der Waals surface area contributed by atoms with E-state index in [1.54, 1.807) is 19.2 Å². The van der Waals surface area contributed by atoms with E-state index in [2.05, 4.69) is 0 Å². The van der Waals surface area contributed by atoms with Crippen molar-refractivity contribution in [2.24, 2.45) is 0 Å². The van der Waals surface area contributed by atoms with E-state index in [0.717, 1.165) is 6.42 Å².